The van der Waals surface area contributed by atoms with Crippen molar-refractivity contribution < 1.29 is 32.2 Å². The molecule has 1 aromatic heterocycles. The topological polar surface area (TPSA) is 99.9 Å². The zero-order valence-corrected chi connectivity index (χ0v) is 17.3. The van der Waals surface area contributed by atoms with E-state index in [0.29, 0.717) is 22.4 Å². The van der Waals surface area contributed by atoms with Gasteiger partial charge in [0.2, 0.25) is 5.89 Å². The molecule has 3 heterocycles. The molecule has 0 saturated carbocycles. The molecule has 172 valence electrons. The molecule has 0 aliphatic carbocycles. The van der Waals surface area contributed by atoms with E-state index >= 15 is 0 Å². The molecule has 2 aromatic carbocycles. The van der Waals surface area contributed by atoms with Gasteiger partial charge in [-0.25, -0.2) is 15.4 Å². The van der Waals surface area contributed by atoms with Crippen LogP contribution in [0.4, 0.5) is 13.2 Å². The van der Waals surface area contributed by atoms with Crippen LogP contribution in [0.5, 0.6) is 5.75 Å². The Bertz CT molecular complexity index is 1240. The van der Waals surface area contributed by atoms with Crippen molar-refractivity contribution in [2.45, 2.75) is 24.3 Å². The Kier molecular flexibility index (Phi) is 5.02. The quantitative estimate of drug-likeness (QED) is 0.550. The molecule has 1 fully saturated rings. The third kappa shape index (κ3) is 3.40. The van der Waals surface area contributed by atoms with Crippen molar-refractivity contribution >= 4 is 22.6 Å². The summed E-state index contributed by atoms with van der Waals surface area (Å²) in [7, 11) is 1.45. The molecule has 0 bridgehead atoms. The van der Waals surface area contributed by atoms with E-state index in [-0.39, 0.29) is 17.2 Å². The first-order valence-corrected chi connectivity index (χ1v) is 10.1. The van der Waals surface area contributed by atoms with Crippen LogP contribution in [-0.4, -0.2) is 53.1 Å². The number of para-hydroxylation sites is 1. The number of nitrogens with one attached hydrogen (secondary N) is 2. The van der Waals surface area contributed by atoms with Crippen molar-refractivity contribution in [2.24, 2.45) is 0 Å². The highest BCUT2D eigenvalue weighted by Gasteiger charge is 2.58. The number of hydrogen-bond donors (Lipinski definition) is 3. The molecule has 8 nitrogen and oxygen atoms in total. The lowest BCUT2D eigenvalue weighted by atomic mass is 9.89. The van der Waals surface area contributed by atoms with Crippen LogP contribution in [-0.2, 0) is 4.79 Å². The molecule has 1 saturated heterocycles. The van der Waals surface area contributed by atoms with Gasteiger partial charge in [0.15, 0.2) is 11.1 Å². The lowest BCUT2D eigenvalue weighted by Crippen LogP contribution is -2.55. The molecule has 33 heavy (non-hydrogen) atoms. The fraction of sp³-hybridized carbons (Fsp3) is 0.273. The highest BCUT2D eigenvalue weighted by Crippen LogP contribution is 2.42. The summed E-state index contributed by atoms with van der Waals surface area (Å²) in [4.78, 5) is 17.7. The molecule has 3 unspecified atom stereocenters. The number of benzene rings is 2. The minimum Gasteiger partial charge on any atom is -0.494 e. The summed E-state index contributed by atoms with van der Waals surface area (Å²) in [5.74, 6) is -1.67. The average molecular weight is 460 g/mol. The van der Waals surface area contributed by atoms with E-state index in [1.165, 1.54) is 7.11 Å². The van der Waals surface area contributed by atoms with Crippen molar-refractivity contribution in [1.29, 1.82) is 0 Å². The monoisotopic (exact) mass is 460 g/mol. The Morgan fingerprint density at radius 3 is 2.61 bits per heavy atom. The SMILES string of the molecule is COc1cccc2oc(C3=C(CO)NC4C(c5ccccc5)C(C(F)(F)F)NN4C3=O)nc12. The maximum atomic E-state index is 13.9. The third-order valence-electron chi connectivity index (χ3n) is 5.82. The van der Waals surface area contributed by atoms with Crippen LogP contribution in [0.2, 0.25) is 0 Å². The van der Waals surface area contributed by atoms with Crippen LogP contribution in [0.15, 0.2) is 58.6 Å². The molecule has 3 N–H and O–H groups in total. The van der Waals surface area contributed by atoms with E-state index in [4.69, 9.17) is 9.15 Å². The summed E-state index contributed by atoms with van der Waals surface area (Å²) in [6, 6.07) is 11.1. The number of carbonyl (C=O) groups excluding carboxylic acids is 1. The molecule has 0 spiro atoms. The van der Waals surface area contributed by atoms with E-state index in [0.717, 1.165) is 5.01 Å². The fourth-order valence-electron chi connectivity index (χ4n) is 4.36. The number of methoxy groups -OCH3 is 1. The van der Waals surface area contributed by atoms with Crippen molar-refractivity contribution in [3.8, 4) is 5.75 Å². The summed E-state index contributed by atoms with van der Waals surface area (Å²) >= 11 is 0. The van der Waals surface area contributed by atoms with Crippen LogP contribution < -0.4 is 15.5 Å². The van der Waals surface area contributed by atoms with Crippen LogP contribution in [0, 0.1) is 0 Å². The van der Waals surface area contributed by atoms with E-state index in [2.05, 4.69) is 15.7 Å². The lowest BCUT2D eigenvalue weighted by molar-refractivity contribution is -0.161. The number of rotatable bonds is 4. The van der Waals surface area contributed by atoms with Gasteiger partial charge >= 0.3 is 6.18 Å². The molecule has 2 aliphatic heterocycles. The summed E-state index contributed by atoms with van der Waals surface area (Å²) in [6.45, 7) is -0.626. The minimum absolute atomic E-state index is 0.0253. The van der Waals surface area contributed by atoms with Gasteiger partial charge in [-0.05, 0) is 17.7 Å². The predicted molar refractivity (Wildman–Crippen MR) is 110 cm³/mol. The summed E-state index contributed by atoms with van der Waals surface area (Å²) < 4.78 is 52.8. The first-order valence-electron chi connectivity index (χ1n) is 10.1. The molecule has 0 radical (unpaired) electrons. The molecule has 2 aliphatic rings. The van der Waals surface area contributed by atoms with Gasteiger partial charge in [-0.15, -0.1) is 0 Å². The Hall–Kier alpha value is -3.57. The molecule has 11 heteroatoms. The van der Waals surface area contributed by atoms with E-state index in [1.807, 2.05) is 0 Å². The van der Waals surface area contributed by atoms with E-state index in [1.54, 1.807) is 48.5 Å². The second-order valence-corrected chi connectivity index (χ2v) is 7.69. The maximum absolute atomic E-state index is 13.9. The number of carbonyl (C=O) groups is 1. The normalized spacial score (nSPS) is 23.1. The second kappa shape index (κ2) is 7.78. The third-order valence-corrected chi connectivity index (χ3v) is 5.82. The van der Waals surface area contributed by atoms with E-state index < -0.39 is 36.8 Å². The smallest absolute Gasteiger partial charge is 0.406 e. The number of hydrazine groups is 1. The first-order chi connectivity index (χ1) is 15.8. The predicted octanol–water partition coefficient (Wildman–Crippen LogP) is 2.53. The second-order valence-electron chi connectivity index (χ2n) is 7.69. The number of amides is 1. The van der Waals surface area contributed by atoms with Crippen molar-refractivity contribution in [3.63, 3.8) is 0 Å². The minimum atomic E-state index is -4.63. The number of halogens is 3. The molecule has 1 amide bonds. The number of oxazole rings is 1. The van der Waals surface area contributed by atoms with Gasteiger partial charge in [-0.2, -0.15) is 13.2 Å². The molecular formula is C22H19F3N4O4. The maximum Gasteiger partial charge on any atom is 0.406 e. The molecular weight excluding hydrogens is 441 g/mol. The zero-order chi connectivity index (χ0) is 23.3. The molecule has 3 atom stereocenters. The van der Waals surface area contributed by atoms with Gasteiger partial charge in [-0.3, -0.25) is 4.79 Å². The van der Waals surface area contributed by atoms with Gasteiger partial charge < -0.3 is 19.6 Å². The molecule has 3 aromatic rings. The van der Waals surface area contributed by atoms with Crippen molar-refractivity contribution in [2.75, 3.05) is 13.7 Å². The Labute approximate surface area is 185 Å². The number of aliphatic hydroxyl groups is 1. The van der Waals surface area contributed by atoms with E-state index in [9.17, 15) is 23.1 Å². The van der Waals surface area contributed by atoms with Crippen LogP contribution in [0.25, 0.3) is 16.7 Å². The van der Waals surface area contributed by atoms with Crippen LogP contribution >= 0.6 is 0 Å². The number of fused-ring (bicyclic) bond motifs is 2. The van der Waals surface area contributed by atoms with Crippen molar-refractivity contribution in [1.82, 2.24) is 20.7 Å². The number of aromatic nitrogens is 1. The molecule has 5 rings (SSSR count). The Morgan fingerprint density at radius 1 is 1.18 bits per heavy atom. The zero-order valence-electron chi connectivity index (χ0n) is 17.3. The van der Waals surface area contributed by atoms with Crippen LogP contribution in [0.3, 0.4) is 0 Å². The van der Waals surface area contributed by atoms with Gasteiger partial charge in [0.25, 0.3) is 5.91 Å². The van der Waals surface area contributed by atoms with Gasteiger partial charge in [0, 0.05) is 0 Å². The Morgan fingerprint density at radius 2 is 1.94 bits per heavy atom. The standard InChI is InChI=1S/C22H19F3N4O4/c1-32-13-8-5-9-14-17(13)27-20(33-14)16-12(10-30)26-19-15(11-6-3-2-4-7-11)18(22(23,24)25)28-29(19)21(16)31/h2-9,15,18-19,26,28,30H,10H2,1H3. The average Bonchev–Trinajstić information content (AvgIpc) is 3.41. The highest BCUT2D eigenvalue weighted by atomic mass is 19.4. The number of nitrogens with zero attached hydrogens (tertiary/aromatic N) is 2. The summed E-state index contributed by atoms with van der Waals surface area (Å²) in [6.07, 6.45) is -5.72. The highest BCUT2D eigenvalue weighted by molar-refractivity contribution is 6.20. The number of hydrogen-bond acceptors (Lipinski definition) is 7. The summed E-state index contributed by atoms with van der Waals surface area (Å²) in [5, 5.41) is 13.8. The lowest BCUT2D eigenvalue weighted by Gasteiger charge is -2.34. The van der Waals surface area contributed by atoms with Gasteiger partial charge in [0.05, 0.1) is 25.3 Å². The van der Waals surface area contributed by atoms with Crippen LogP contribution in [0.1, 0.15) is 17.4 Å². The largest absolute Gasteiger partial charge is 0.494 e. The Balaban J connectivity index is 1.61. The number of aliphatic hydroxyl groups excluding tert-OH is 1. The van der Waals surface area contributed by atoms with Gasteiger partial charge in [0.1, 0.15) is 23.5 Å². The number of ether oxygens (including phenoxy) is 1. The fourth-order valence-corrected chi connectivity index (χ4v) is 4.36. The number of alkyl halides is 3. The summed E-state index contributed by atoms with van der Waals surface area (Å²) in [5.41, 5.74) is 3.26. The van der Waals surface area contributed by atoms with Gasteiger partial charge in [-0.1, -0.05) is 36.4 Å². The van der Waals surface area contributed by atoms with Crippen molar-refractivity contribution in [3.05, 3.63) is 65.7 Å². The first kappa shape index (κ1) is 21.3.